The fraction of sp³-hybridized carbons (Fsp3) is 0.500. The standard InChI is InChI=1S/C22H28N6O3/c1-3-5-19-26-22(31-27-19)18-14-24-15(2)25-20(18)28-11-8-16(9-12-28)21(29)23-10-7-17-6-4-13-30-17/h4,6,13-14,16H,3,5,7-12H2,1-2H3,(H,23,29). The van der Waals surface area contributed by atoms with E-state index in [4.69, 9.17) is 8.94 Å². The van der Waals surface area contributed by atoms with E-state index in [1.807, 2.05) is 19.1 Å². The summed E-state index contributed by atoms with van der Waals surface area (Å²) >= 11 is 0. The Balaban J connectivity index is 1.37. The van der Waals surface area contributed by atoms with E-state index >= 15 is 0 Å². The zero-order valence-electron chi connectivity index (χ0n) is 18.0. The van der Waals surface area contributed by atoms with Gasteiger partial charge in [0.05, 0.1) is 6.26 Å². The van der Waals surface area contributed by atoms with Crippen LogP contribution in [0.3, 0.4) is 0 Å². The van der Waals surface area contributed by atoms with E-state index in [0.29, 0.717) is 30.5 Å². The van der Waals surface area contributed by atoms with E-state index in [1.54, 1.807) is 12.5 Å². The minimum absolute atomic E-state index is 0.00111. The molecule has 9 heteroatoms. The van der Waals surface area contributed by atoms with Crippen molar-refractivity contribution in [3.05, 3.63) is 42.0 Å². The van der Waals surface area contributed by atoms with Crippen LogP contribution in [0.4, 0.5) is 5.82 Å². The van der Waals surface area contributed by atoms with Crippen molar-refractivity contribution >= 4 is 11.7 Å². The minimum atomic E-state index is -0.00111. The molecular weight excluding hydrogens is 396 g/mol. The monoisotopic (exact) mass is 424 g/mol. The average Bonchev–Trinajstić information content (AvgIpc) is 3.46. The Morgan fingerprint density at radius 3 is 2.84 bits per heavy atom. The number of piperidine rings is 1. The molecule has 1 fully saturated rings. The molecule has 4 rings (SSSR count). The van der Waals surface area contributed by atoms with E-state index in [2.05, 4.69) is 37.2 Å². The third kappa shape index (κ3) is 5.10. The van der Waals surface area contributed by atoms with E-state index in [-0.39, 0.29) is 11.8 Å². The molecule has 0 spiro atoms. The highest BCUT2D eigenvalue weighted by molar-refractivity contribution is 5.79. The first kappa shape index (κ1) is 21.0. The van der Waals surface area contributed by atoms with Crippen molar-refractivity contribution in [2.24, 2.45) is 5.92 Å². The zero-order valence-corrected chi connectivity index (χ0v) is 18.0. The Bertz CT molecular complexity index is 993. The van der Waals surface area contributed by atoms with Gasteiger partial charge < -0.3 is 19.2 Å². The highest BCUT2D eigenvalue weighted by Crippen LogP contribution is 2.30. The SMILES string of the molecule is CCCc1noc(-c2cnc(C)nc2N2CCC(C(=O)NCCc3ccco3)CC2)n1. The molecule has 1 amide bonds. The van der Waals surface area contributed by atoms with Gasteiger partial charge in [-0.25, -0.2) is 9.97 Å². The maximum Gasteiger partial charge on any atom is 0.263 e. The number of nitrogens with one attached hydrogen (secondary N) is 1. The first-order valence-electron chi connectivity index (χ1n) is 10.9. The summed E-state index contributed by atoms with van der Waals surface area (Å²) in [6.45, 7) is 5.99. The lowest BCUT2D eigenvalue weighted by atomic mass is 9.95. The normalized spacial score (nSPS) is 14.7. The molecular formula is C22H28N6O3. The number of hydrogen-bond donors (Lipinski definition) is 1. The molecule has 31 heavy (non-hydrogen) atoms. The number of aryl methyl sites for hydroxylation is 2. The second-order valence-electron chi connectivity index (χ2n) is 7.80. The van der Waals surface area contributed by atoms with Gasteiger partial charge >= 0.3 is 0 Å². The largest absolute Gasteiger partial charge is 0.469 e. The van der Waals surface area contributed by atoms with Crippen molar-refractivity contribution in [2.75, 3.05) is 24.5 Å². The van der Waals surface area contributed by atoms with Crippen LogP contribution in [0.15, 0.2) is 33.5 Å². The van der Waals surface area contributed by atoms with Gasteiger partial charge in [0.25, 0.3) is 5.89 Å². The molecule has 0 aliphatic carbocycles. The molecule has 0 saturated carbocycles. The van der Waals surface area contributed by atoms with Crippen molar-refractivity contribution in [3.8, 4) is 11.5 Å². The third-order valence-electron chi connectivity index (χ3n) is 5.48. The van der Waals surface area contributed by atoms with Gasteiger partial charge in [0, 0.05) is 44.6 Å². The Labute approximate surface area is 181 Å². The highest BCUT2D eigenvalue weighted by Gasteiger charge is 2.28. The molecule has 0 unspecified atom stereocenters. The van der Waals surface area contributed by atoms with Crippen LogP contribution >= 0.6 is 0 Å². The molecule has 9 nitrogen and oxygen atoms in total. The van der Waals surface area contributed by atoms with Crippen molar-refractivity contribution < 1.29 is 13.7 Å². The van der Waals surface area contributed by atoms with Crippen LogP contribution in [0, 0.1) is 12.8 Å². The van der Waals surface area contributed by atoms with Gasteiger partial charge in [-0.15, -0.1) is 0 Å². The first-order chi connectivity index (χ1) is 15.1. The third-order valence-corrected chi connectivity index (χ3v) is 5.48. The summed E-state index contributed by atoms with van der Waals surface area (Å²) in [5.41, 5.74) is 0.738. The number of carbonyl (C=O) groups is 1. The predicted octanol–water partition coefficient (Wildman–Crippen LogP) is 2.96. The fourth-order valence-corrected chi connectivity index (χ4v) is 3.80. The lowest BCUT2D eigenvalue weighted by Crippen LogP contribution is -2.41. The Hall–Kier alpha value is -3.23. The predicted molar refractivity (Wildman–Crippen MR) is 114 cm³/mol. The van der Waals surface area contributed by atoms with Crippen molar-refractivity contribution in [1.29, 1.82) is 0 Å². The second-order valence-corrected chi connectivity index (χ2v) is 7.80. The number of furan rings is 1. The average molecular weight is 425 g/mol. The number of carbonyl (C=O) groups excluding carboxylic acids is 1. The fourth-order valence-electron chi connectivity index (χ4n) is 3.80. The molecule has 1 N–H and O–H groups in total. The van der Waals surface area contributed by atoms with Gasteiger partial charge in [0.1, 0.15) is 23.0 Å². The maximum absolute atomic E-state index is 12.6. The minimum Gasteiger partial charge on any atom is -0.469 e. The van der Waals surface area contributed by atoms with E-state index in [1.165, 1.54) is 0 Å². The van der Waals surface area contributed by atoms with Gasteiger partial charge in [-0.2, -0.15) is 4.98 Å². The molecule has 164 valence electrons. The Morgan fingerprint density at radius 2 is 2.10 bits per heavy atom. The molecule has 1 aliphatic heterocycles. The molecule has 3 aromatic heterocycles. The number of aromatic nitrogens is 4. The lowest BCUT2D eigenvalue weighted by Gasteiger charge is -2.32. The molecule has 1 saturated heterocycles. The summed E-state index contributed by atoms with van der Waals surface area (Å²) < 4.78 is 10.8. The van der Waals surface area contributed by atoms with Crippen LogP contribution in [-0.4, -0.2) is 45.7 Å². The number of anilines is 1. The van der Waals surface area contributed by atoms with Gasteiger partial charge in [-0.1, -0.05) is 12.1 Å². The molecule has 0 radical (unpaired) electrons. The van der Waals surface area contributed by atoms with Gasteiger partial charge in [0.15, 0.2) is 5.82 Å². The van der Waals surface area contributed by atoms with Crippen molar-refractivity contribution in [3.63, 3.8) is 0 Å². The van der Waals surface area contributed by atoms with Crippen molar-refractivity contribution in [1.82, 2.24) is 25.4 Å². The molecule has 0 atom stereocenters. The highest BCUT2D eigenvalue weighted by atomic mass is 16.5. The number of hydrogen-bond acceptors (Lipinski definition) is 8. The van der Waals surface area contributed by atoms with Crippen LogP contribution in [0.5, 0.6) is 0 Å². The van der Waals surface area contributed by atoms with Gasteiger partial charge in [0.2, 0.25) is 5.91 Å². The van der Waals surface area contributed by atoms with Crippen LogP contribution in [0.2, 0.25) is 0 Å². The topological polar surface area (TPSA) is 110 Å². The Morgan fingerprint density at radius 1 is 1.26 bits per heavy atom. The number of nitrogens with zero attached hydrogens (tertiary/aromatic N) is 5. The summed E-state index contributed by atoms with van der Waals surface area (Å²) in [6, 6.07) is 3.77. The zero-order chi connectivity index (χ0) is 21.6. The molecule has 4 heterocycles. The van der Waals surface area contributed by atoms with E-state index < -0.39 is 0 Å². The quantitative estimate of drug-likeness (QED) is 0.588. The van der Waals surface area contributed by atoms with Crippen molar-refractivity contribution in [2.45, 2.75) is 46.0 Å². The van der Waals surface area contributed by atoms with E-state index in [9.17, 15) is 4.79 Å². The summed E-state index contributed by atoms with van der Waals surface area (Å²) in [6.07, 6.45) is 7.34. The maximum atomic E-state index is 12.6. The molecule has 0 aromatic carbocycles. The number of amides is 1. The summed E-state index contributed by atoms with van der Waals surface area (Å²) in [5.74, 6) is 3.58. The molecule has 3 aromatic rings. The first-order valence-corrected chi connectivity index (χ1v) is 10.9. The number of rotatable bonds is 8. The van der Waals surface area contributed by atoms with Crippen LogP contribution in [0.25, 0.3) is 11.5 Å². The summed E-state index contributed by atoms with van der Waals surface area (Å²) in [5, 5.41) is 7.08. The smallest absolute Gasteiger partial charge is 0.263 e. The second kappa shape index (κ2) is 9.72. The molecule has 0 bridgehead atoms. The van der Waals surface area contributed by atoms with Crippen LogP contribution in [0.1, 0.15) is 43.6 Å². The van der Waals surface area contributed by atoms with Crippen LogP contribution in [-0.2, 0) is 17.6 Å². The van der Waals surface area contributed by atoms with Crippen LogP contribution < -0.4 is 10.2 Å². The lowest BCUT2D eigenvalue weighted by molar-refractivity contribution is -0.125. The molecule has 1 aliphatic rings. The Kier molecular flexibility index (Phi) is 6.59. The van der Waals surface area contributed by atoms with Gasteiger partial charge in [-0.05, 0) is 38.3 Å². The summed E-state index contributed by atoms with van der Waals surface area (Å²) in [7, 11) is 0. The van der Waals surface area contributed by atoms with E-state index in [0.717, 1.165) is 55.9 Å². The van der Waals surface area contributed by atoms with Gasteiger partial charge in [-0.3, -0.25) is 4.79 Å². The summed E-state index contributed by atoms with van der Waals surface area (Å²) in [4.78, 5) is 28.2.